The Kier molecular flexibility index (Phi) is 5.59. The second kappa shape index (κ2) is 7.55. The van der Waals surface area contributed by atoms with Gasteiger partial charge in [-0.05, 0) is 24.3 Å². The first-order valence-electron chi connectivity index (χ1n) is 7.71. The van der Waals surface area contributed by atoms with Crippen molar-refractivity contribution in [1.29, 1.82) is 0 Å². The van der Waals surface area contributed by atoms with E-state index in [0.717, 1.165) is 12.1 Å². The average molecular weight is 472 g/mol. The molecule has 12 heteroatoms. The summed E-state index contributed by atoms with van der Waals surface area (Å²) in [4.78, 5) is 15.6. The third-order valence-electron chi connectivity index (χ3n) is 4.18. The molecule has 0 aliphatic carbocycles. The lowest BCUT2D eigenvalue weighted by molar-refractivity contribution is -0.275. The topological polar surface area (TPSA) is 70.9 Å². The first kappa shape index (κ1) is 21.5. The molecule has 2 N–H and O–H groups in total. The molecule has 2 aromatic rings. The van der Waals surface area contributed by atoms with Crippen molar-refractivity contribution in [3.8, 4) is 0 Å². The molecule has 0 radical (unpaired) electrons. The van der Waals surface area contributed by atoms with Gasteiger partial charge in [0.05, 0.1) is 26.5 Å². The van der Waals surface area contributed by atoms with Gasteiger partial charge in [-0.15, -0.1) is 0 Å². The van der Waals surface area contributed by atoms with Gasteiger partial charge in [0.25, 0.3) is 5.60 Å². The van der Waals surface area contributed by atoms with E-state index in [2.05, 4.69) is 5.16 Å². The van der Waals surface area contributed by atoms with Crippen LogP contribution < -0.4 is 5.32 Å². The van der Waals surface area contributed by atoms with Crippen LogP contribution in [0.25, 0.3) is 0 Å². The van der Waals surface area contributed by atoms with Gasteiger partial charge < -0.3 is 9.94 Å². The van der Waals surface area contributed by atoms with E-state index in [1.54, 1.807) is 0 Å². The summed E-state index contributed by atoms with van der Waals surface area (Å²) in [5, 5.41) is 13.2. The van der Waals surface area contributed by atoms with E-state index in [9.17, 15) is 22.4 Å². The quantitative estimate of drug-likeness (QED) is 0.399. The van der Waals surface area contributed by atoms with E-state index in [4.69, 9.17) is 44.7 Å². The van der Waals surface area contributed by atoms with Crippen LogP contribution in [0.2, 0.25) is 15.1 Å². The van der Waals surface area contributed by atoms with Crippen molar-refractivity contribution in [2.24, 2.45) is 5.16 Å². The monoisotopic (exact) mass is 470 g/mol. The maximum atomic E-state index is 14.0. The maximum Gasteiger partial charge on any atom is 0.435 e. The van der Waals surface area contributed by atoms with Crippen molar-refractivity contribution in [1.82, 2.24) is 0 Å². The van der Waals surface area contributed by atoms with Crippen LogP contribution in [0.1, 0.15) is 17.5 Å². The van der Waals surface area contributed by atoms with Gasteiger partial charge in [0, 0.05) is 17.5 Å². The molecule has 1 atom stereocenters. The largest absolute Gasteiger partial charge is 0.465 e. The third-order valence-corrected chi connectivity index (χ3v) is 5.06. The van der Waals surface area contributed by atoms with Crippen LogP contribution in [0.4, 0.5) is 28.0 Å². The van der Waals surface area contributed by atoms with Crippen molar-refractivity contribution >= 4 is 52.3 Å². The van der Waals surface area contributed by atoms with Crippen molar-refractivity contribution in [2.75, 3.05) is 5.32 Å². The number of halogens is 7. The fourth-order valence-electron chi connectivity index (χ4n) is 2.76. The van der Waals surface area contributed by atoms with Crippen molar-refractivity contribution in [2.45, 2.75) is 18.2 Å². The van der Waals surface area contributed by atoms with Gasteiger partial charge >= 0.3 is 12.3 Å². The Morgan fingerprint density at radius 2 is 1.76 bits per heavy atom. The van der Waals surface area contributed by atoms with Gasteiger partial charge in [-0.25, -0.2) is 9.18 Å². The molecule has 1 unspecified atom stereocenters. The number of nitrogens with one attached hydrogen (secondary N) is 1. The molecule has 1 aliphatic rings. The number of benzene rings is 2. The Hall–Kier alpha value is -2.23. The number of amides is 1. The van der Waals surface area contributed by atoms with Crippen LogP contribution in [-0.2, 0) is 10.4 Å². The second-order valence-corrected chi connectivity index (χ2v) is 7.23. The summed E-state index contributed by atoms with van der Waals surface area (Å²) in [6.07, 6.45) is -7.16. The molecule has 0 spiro atoms. The number of hydrogen-bond donors (Lipinski definition) is 2. The number of carbonyl (C=O) groups is 1. The van der Waals surface area contributed by atoms with Gasteiger partial charge in [-0.1, -0.05) is 46.0 Å². The molecule has 2 aromatic carbocycles. The molecule has 0 saturated carbocycles. The Balaban J connectivity index is 2.03. The second-order valence-electron chi connectivity index (χ2n) is 6.01. The molecule has 0 saturated heterocycles. The van der Waals surface area contributed by atoms with Gasteiger partial charge in [0.1, 0.15) is 0 Å². The van der Waals surface area contributed by atoms with Crippen LogP contribution in [0, 0.1) is 5.82 Å². The predicted molar refractivity (Wildman–Crippen MR) is 99.5 cm³/mol. The molecule has 0 fully saturated rings. The lowest BCUT2D eigenvalue weighted by atomic mass is 9.86. The third kappa shape index (κ3) is 3.94. The summed E-state index contributed by atoms with van der Waals surface area (Å²) in [5.41, 5.74) is -3.52. The number of hydrogen-bond acceptors (Lipinski definition) is 3. The van der Waals surface area contributed by atoms with Crippen LogP contribution in [0.3, 0.4) is 0 Å². The van der Waals surface area contributed by atoms with Crippen molar-refractivity contribution < 1.29 is 32.3 Å². The number of anilines is 1. The minimum atomic E-state index is -4.96. The summed E-state index contributed by atoms with van der Waals surface area (Å²) in [5.74, 6) is -1.06. The number of oxime groups is 1. The van der Waals surface area contributed by atoms with E-state index >= 15 is 0 Å². The molecular formula is C17H9Cl3F4N2O3. The van der Waals surface area contributed by atoms with Crippen LogP contribution in [-0.4, -0.2) is 23.1 Å². The number of rotatable bonds is 3. The highest BCUT2D eigenvalue weighted by molar-refractivity contribution is 6.35. The van der Waals surface area contributed by atoms with Gasteiger partial charge in [0.2, 0.25) is 0 Å². The molecule has 1 heterocycles. The highest BCUT2D eigenvalue weighted by Crippen LogP contribution is 2.50. The smallest absolute Gasteiger partial charge is 0.435 e. The normalized spacial score (nSPS) is 18.9. The highest BCUT2D eigenvalue weighted by atomic mass is 35.5. The molecule has 5 nitrogen and oxygen atoms in total. The van der Waals surface area contributed by atoms with Crippen LogP contribution >= 0.6 is 34.8 Å². The zero-order valence-corrected chi connectivity index (χ0v) is 16.2. The number of alkyl halides is 3. The molecule has 1 amide bonds. The lowest BCUT2D eigenvalue weighted by Gasteiger charge is -2.29. The first-order valence-corrected chi connectivity index (χ1v) is 8.84. The molecule has 0 aromatic heterocycles. The molecule has 29 heavy (non-hydrogen) atoms. The van der Waals surface area contributed by atoms with Crippen molar-refractivity contribution in [3.05, 3.63) is 62.3 Å². The summed E-state index contributed by atoms with van der Waals surface area (Å²) in [7, 11) is 0. The van der Waals surface area contributed by atoms with Gasteiger partial charge in [-0.2, -0.15) is 13.2 Å². The van der Waals surface area contributed by atoms with Gasteiger partial charge in [-0.3, -0.25) is 5.32 Å². The first-order chi connectivity index (χ1) is 13.4. The molecular weight excluding hydrogens is 463 g/mol. The van der Waals surface area contributed by atoms with E-state index in [1.807, 2.05) is 5.32 Å². The zero-order valence-electron chi connectivity index (χ0n) is 14.0. The fraction of sp³-hybridized carbons (Fsp3) is 0.176. The van der Waals surface area contributed by atoms with E-state index in [0.29, 0.717) is 0 Å². The molecule has 154 valence electrons. The van der Waals surface area contributed by atoms with E-state index in [1.165, 1.54) is 18.2 Å². The Morgan fingerprint density at radius 3 is 2.31 bits per heavy atom. The van der Waals surface area contributed by atoms with E-state index < -0.39 is 45.7 Å². The highest BCUT2D eigenvalue weighted by Gasteiger charge is 2.62. The zero-order chi connectivity index (χ0) is 21.6. The lowest BCUT2D eigenvalue weighted by Crippen LogP contribution is -2.42. The fourth-order valence-corrected chi connectivity index (χ4v) is 3.41. The van der Waals surface area contributed by atoms with Crippen LogP contribution in [0.5, 0.6) is 0 Å². The number of carboxylic acid groups (broad SMARTS) is 1. The number of nitrogens with zero attached hydrogens (tertiary/aromatic N) is 1. The SMILES string of the molecule is O=C(O)Nc1cc(C2=NOC(c3cc(Cl)c(F)c(Cl)c3)(C(F)(F)F)C2)ccc1Cl. The average Bonchev–Trinajstić information content (AvgIpc) is 3.07. The molecule has 0 bridgehead atoms. The summed E-state index contributed by atoms with van der Waals surface area (Å²) in [6.45, 7) is 0. The Labute approximate surface area is 175 Å². The van der Waals surface area contributed by atoms with E-state index in [-0.39, 0.29) is 22.0 Å². The minimum Gasteiger partial charge on any atom is -0.465 e. The standard InChI is InChI=1S/C17H9Cl3F4N2O3/c18-9-2-1-7(3-12(9)25-15(27)28)13-6-16(29-26-13,17(22,23)24)8-4-10(19)14(21)11(20)5-8/h1-5,25H,6H2,(H,27,28). The van der Waals surface area contributed by atoms with Crippen molar-refractivity contribution in [3.63, 3.8) is 0 Å². The summed E-state index contributed by atoms with van der Waals surface area (Å²) < 4.78 is 55.6. The summed E-state index contributed by atoms with van der Waals surface area (Å²) >= 11 is 17.2. The maximum absolute atomic E-state index is 14.0. The molecule has 3 rings (SSSR count). The predicted octanol–water partition coefficient (Wildman–Crippen LogP) is 6.46. The van der Waals surface area contributed by atoms with Crippen LogP contribution in [0.15, 0.2) is 35.5 Å². The minimum absolute atomic E-state index is 0.0369. The summed E-state index contributed by atoms with van der Waals surface area (Å²) in [6, 6.07) is 5.41. The van der Waals surface area contributed by atoms with Gasteiger partial charge in [0.15, 0.2) is 5.82 Å². The Morgan fingerprint density at radius 1 is 1.14 bits per heavy atom. The Bertz CT molecular complexity index is 1010. The molecule has 1 aliphatic heterocycles.